The fourth-order valence-corrected chi connectivity index (χ4v) is 3.36. The Bertz CT molecular complexity index is 871. The monoisotopic (exact) mass is 584 g/mol. The van der Waals surface area contributed by atoms with Crippen molar-refractivity contribution in [3.8, 4) is 0 Å². The first-order valence-electron chi connectivity index (χ1n) is 8.54. The largest absolute Gasteiger partial charge is 0.382 e. The van der Waals surface area contributed by atoms with Crippen LogP contribution in [0, 0.1) is 22.1 Å². The van der Waals surface area contributed by atoms with Crippen molar-refractivity contribution >= 4 is 55.8 Å². The Hall–Kier alpha value is -1.34. The van der Waals surface area contributed by atoms with E-state index in [9.17, 15) is 13.6 Å². The number of hydroxylamine groups is 1. The second-order valence-corrected chi connectivity index (χ2v) is 7.98. The molecule has 0 aliphatic heterocycles. The minimum absolute atomic E-state index is 0.0826. The first-order valence-corrected chi connectivity index (χ1v) is 10.4. The molecule has 0 fully saturated rings. The van der Waals surface area contributed by atoms with Crippen molar-refractivity contribution in [3.05, 3.63) is 55.1 Å². The summed E-state index contributed by atoms with van der Waals surface area (Å²) in [5, 5.41) is 2.82. The molecule has 2 N–H and O–H groups in total. The molecule has 0 saturated heterocycles. The summed E-state index contributed by atoms with van der Waals surface area (Å²) in [7, 11) is 1.56. The minimum atomic E-state index is -1.18. The number of ether oxygens (including phenoxy) is 2. The Kier molecular flexibility index (Phi) is 9.69. The second kappa shape index (κ2) is 11.7. The number of nitrogens with one attached hydrogen (secondary N) is 2. The van der Waals surface area contributed by atoms with Gasteiger partial charge < -0.3 is 14.8 Å². The fourth-order valence-electron chi connectivity index (χ4n) is 2.31. The molecule has 2 aromatic rings. The zero-order valence-electron chi connectivity index (χ0n) is 15.8. The van der Waals surface area contributed by atoms with Gasteiger partial charge in [0.25, 0.3) is 5.91 Å². The summed E-state index contributed by atoms with van der Waals surface area (Å²) in [5.41, 5.74) is 3.17. The summed E-state index contributed by atoms with van der Waals surface area (Å²) < 4.78 is 39.6. The molecule has 0 bridgehead atoms. The van der Waals surface area contributed by atoms with Gasteiger partial charge in [-0.2, -0.15) is 0 Å². The topological polar surface area (TPSA) is 68.8 Å². The molecule has 0 atom stereocenters. The average molecular weight is 585 g/mol. The smallest absolute Gasteiger partial charge is 0.277 e. The van der Waals surface area contributed by atoms with Crippen LogP contribution in [-0.4, -0.2) is 39.4 Å². The minimum Gasteiger partial charge on any atom is -0.382 e. The number of rotatable bonds is 10. The number of halogens is 4. The maximum Gasteiger partial charge on any atom is 0.277 e. The standard InChI is InChI=1S/C19H20BrF2IN2O4/c1-11-9-12(23)3-4-15(11)24-18-13(10-14(20)16(21)17(18)22)19(26)25-29-8-7-28-6-5-27-2/h3-4,9-10,24H,5-8H2,1-2H3,(H,25,26). The second-order valence-electron chi connectivity index (χ2n) is 5.88. The lowest BCUT2D eigenvalue weighted by molar-refractivity contribution is -0.00937. The number of methoxy groups -OCH3 is 1. The molecule has 6 nitrogen and oxygen atoms in total. The van der Waals surface area contributed by atoms with E-state index in [2.05, 4.69) is 49.3 Å². The third-order valence-corrected chi connectivity index (χ3v) is 5.03. The maximum absolute atomic E-state index is 14.6. The molecule has 158 valence electrons. The van der Waals surface area contributed by atoms with Crippen molar-refractivity contribution in [3.63, 3.8) is 0 Å². The molecular formula is C19H20BrF2IN2O4. The van der Waals surface area contributed by atoms with Crippen LogP contribution < -0.4 is 10.8 Å². The van der Waals surface area contributed by atoms with Gasteiger partial charge in [-0.15, -0.1) is 0 Å². The predicted molar refractivity (Wildman–Crippen MR) is 117 cm³/mol. The van der Waals surface area contributed by atoms with E-state index < -0.39 is 17.5 Å². The molecule has 2 rings (SSSR count). The van der Waals surface area contributed by atoms with Gasteiger partial charge in [0.15, 0.2) is 11.6 Å². The van der Waals surface area contributed by atoms with Crippen LogP contribution in [0.25, 0.3) is 0 Å². The molecule has 0 aliphatic carbocycles. The van der Waals surface area contributed by atoms with E-state index >= 15 is 0 Å². The van der Waals surface area contributed by atoms with E-state index in [1.165, 1.54) is 6.07 Å². The zero-order chi connectivity index (χ0) is 21.4. The van der Waals surface area contributed by atoms with Gasteiger partial charge in [-0.3, -0.25) is 9.63 Å². The van der Waals surface area contributed by atoms with Crippen LogP contribution in [0.1, 0.15) is 15.9 Å². The average Bonchev–Trinajstić information content (AvgIpc) is 2.69. The molecule has 0 aromatic heterocycles. The fraction of sp³-hybridized carbons (Fsp3) is 0.316. The van der Waals surface area contributed by atoms with Crippen LogP contribution >= 0.6 is 38.5 Å². The number of amides is 1. The maximum atomic E-state index is 14.6. The van der Waals surface area contributed by atoms with Crippen LogP contribution in [0.15, 0.2) is 28.7 Å². The highest BCUT2D eigenvalue weighted by atomic mass is 127. The molecule has 1 amide bonds. The first kappa shape index (κ1) is 23.9. The molecule has 0 saturated carbocycles. The number of aryl methyl sites for hydroxylation is 1. The Morgan fingerprint density at radius 3 is 2.55 bits per heavy atom. The highest BCUT2D eigenvalue weighted by Gasteiger charge is 2.22. The van der Waals surface area contributed by atoms with Gasteiger partial charge in [-0.1, -0.05) is 0 Å². The van der Waals surface area contributed by atoms with Gasteiger partial charge in [0, 0.05) is 16.4 Å². The van der Waals surface area contributed by atoms with Gasteiger partial charge in [-0.25, -0.2) is 14.3 Å². The van der Waals surface area contributed by atoms with Crippen LogP contribution in [0.5, 0.6) is 0 Å². The molecule has 2 aromatic carbocycles. The summed E-state index contributed by atoms with van der Waals surface area (Å²) in [6.07, 6.45) is 0. The Morgan fingerprint density at radius 2 is 1.86 bits per heavy atom. The molecule has 0 aliphatic rings. The van der Waals surface area contributed by atoms with E-state index in [1.807, 2.05) is 19.1 Å². The lowest BCUT2D eigenvalue weighted by atomic mass is 10.1. The van der Waals surface area contributed by atoms with Gasteiger partial charge in [0.05, 0.1) is 42.2 Å². The van der Waals surface area contributed by atoms with Gasteiger partial charge in [0.2, 0.25) is 0 Å². The van der Waals surface area contributed by atoms with E-state index in [0.29, 0.717) is 18.9 Å². The van der Waals surface area contributed by atoms with E-state index in [0.717, 1.165) is 9.13 Å². The number of carbonyl (C=O) groups excluding carboxylic acids is 1. The Labute approximate surface area is 189 Å². The Morgan fingerprint density at radius 1 is 1.14 bits per heavy atom. The number of benzene rings is 2. The highest BCUT2D eigenvalue weighted by Crippen LogP contribution is 2.32. The number of hydrogen-bond acceptors (Lipinski definition) is 5. The molecule has 0 radical (unpaired) electrons. The normalized spacial score (nSPS) is 10.8. The summed E-state index contributed by atoms with van der Waals surface area (Å²) in [4.78, 5) is 17.6. The van der Waals surface area contributed by atoms with Crippen LogP contribution in [0.3, 0.4) is 0 Å². The third kappa shape index (κ3) is 6.85. The lowest BCUT2D eigenvalue weighted by Gasteiger charge is -2.16. The van der Waals surface area contributed by atoms with Crippen molar-refractivity contribution in [2.24, 2.45) is 0 Å². The summed E-state index contributed by atoms with van der Waals surface area (Å²) in [6, 6.07) is 6.61. The molecular weight excluding hydrogens is 565 g/mol. The zero-order valence-corrected chi connectivity index (χ0v) is 19.5. The van der Waals surface area contributed by atoms with E-state index in [4.69, 9.17) is 14.3 Å². The predicted octanol–water partition coefficient (Wildman–Crippen LogP) is 4.71. The van der Waals surface area contributed by atoms with Crippen molar-refractivity contribution < 1.29 is 27.9 Å². The van der Waals surface area contributed by atoms with E-state index in [1.54, 1.807) is 13.2 Å². The third-order valence-electron chi connectivity index (χ3n) is 3.78. The molecule has 0 spiro atoms. The van der Waals surface area contributed by atoms with Crippen molar-refractivity contribution in [2.45, 2.75) is 6.92 Å². The summed E-state index contributed by atoms with van der Waals surface area (Å²) in [6.45, 7) is 2.98. The van der Waals surface area contributed by atoms with Gasteiger partial charge in [0.1, 0.15) is 0 Å². The summed E-state index contributed by atoms with van der Waals surface area (Å²) >= 11 is 5.08. The molecule has 29 heavy (non-hydrogen) atoms. The number of anilines is 2. The SMILES string of the molecule is COCCOCCONC(=O)c1cc(Br)c(F)c(F)c1Nc1ccc(I)cc1C. The van der Waals surface area contributed by atoms with Crippen molar-refractivity contribution in [2.75, 3.05) is 38.9 Å². The quantitative estimate of drug-likeness (QED) is 0.183. The molecule has 0 heterocycles. The highest BCUT2D eigenvalue weighted by molar-refractivity contribution is 14.1. The van der Waals surface area contributed by atoms with Gasteiger partial charge >= 0.3 is 0 Å². The van der Waals surface area contributed by atoms with Gasteiger partial charge in [-0.05, 0) is 75.3 Å². The van der Waals surface area contributed by atoms with Crippen molar-refractivity contribution in [1.29, 1.82) is 0 Å². The number of hydrogen-bond donors (Lipinski definition) is 2. The van der Waals surface area contributed by atoms with Crippen LogP contribution in [0.2, 0.25) is 0 Å². The summed E-state index contributed by atoms with van der Waals surface area (Å²) in [5.74, 6) is -3.00. The Balaban J connectivity index is 2.15. The lowest BCUT2D eigenvalue weighted by Crippen LogP contribution is -2.27. The van der Waals surface area contributed by atoms with E-state index in [-0.39, 0.29) is 28.9 Å². The first-order chi connectivity index (χ1) is 13.8. The van der Waals surface area contributed by atoms with Crippen molar-refractivity contribution in [1.82, 2.24) is 5.48 Å². The molecule has 0 unspecified atom stereocenters. The molecule has 10 heteroatoms. The van der Waals surface area contributed by atoms with Crippen LogP contribution in [-0.2, 0) is 14.3 Å². The van der Waals surface area contributed by atoms with Crippen LogP contribution in [0.4, 0.5) is 20.2 Å². The number of carbonyl (C=O) groups is 1.